The lowest BCUT2D eigenvalue weighted by molar-refractivity contribution is 0.102. The number of rotatable bonds is 4. The first-order valence-corrected chi connectivity index (χ1v) is 7.73. The fraction of sp³-hybridized carbons (Fsp3) is 0.111. The molecule has 3 rings (SSSR count). The Kier molecular flexibility index (Phi) is 4.53. The molecule has 0 aliphatic rings. The molecule has 2 aromatic carbocycles. The third-order valence-electron chi connectivity index (χ3n) is 3.65. The highest BCUT2D eigenvalue weighted by atomic mass is 35.5. The standard InChI is InChI=1S/C18H16ClN3O2/c1-11-16(20-18(23)14-8-3-4-9-15(14)19)17(22-21-11)12-6-5-7-13(10-12)24-2/h3-10H,1-2H3,(H,20,23)(H,21,22). The Labute approximate surface area is 144 Å². The second-order valence-electron chi connectivity index (χ2n) is 5.24. The molecule has 2 N–H and O–H groups in total. The van der Waals surface area contributed by atoms with Crippen LogP contribution in [0.3, 0.4) is 0 Å². The van der Waals surface area contributed by atoms with Gasteiger partial charge in [-0.2, -0.15) is 5.10 Å². The summed E-state index contributed by atoms with van der Waals surface area (Å²) in [5, 5.41) is 10.5. The molecule has 0 unspecified atom stereocenters. The highest BCUT2D eigenvalue weighted by molar-refractivity contribution is 6.34. The van der Waals surface area contributed by atoms with Crippen LogP contribution in [0.25, 0.3) is 11.3 Å². The van der Waals surface area contributed by atoms with E-state index in [9.17, 15) is 4.79 Å². The predicted octanol–water partition coefficient (Wildman–Crippen LogP) is 4.30. The lowest BCUT2D eigenvalue weighted by Crippen LogP contribution is -2.13. The summed E-state index contributed by atoms with van der Waals surface area (Å²) in [7, 11) is 1.61. The van der Waals surface area contributed by atoms with Crippen molar-refractivity contribution in [1.82, 2.24) is 10.2 Å². The van der Waals surface area contributed by atoms with Crippen molar-refractivity contribution in [3.8, 4) is 17.0 Å². The smallest absolute Gasteiger partial charge is 0.257 e. The maximum absolute atomic E-state index is 12.5. The number of nitrogens with zero attached hydrogens (tertiary/aromatic N) is 1. The van der Waals surface area contributed by atoms with Gasteiger partial charge >= 0.3 is 0 Å². The number of halogens is 1. The summed E-state index contributed by atoms with van der Waals surface area (Å²) in [4.78, 5) is 12.5. The molecule has 1 heterocycles. The SMILES string of the molecule is COc1cccc(-c2n[nH]c(C)c2NC(=O)c2ccccc2Cl)c1. The number of anilines is 1. The molecule has 0 aliphatic heterocycles. The van der Waals surface area contributed by atoms with Gasteiger partial charge in [-0.15, -0.1) is 0 Å². The van der Waals surface area contributed by atoms with Crippen LogP contribution in [0.2, 0.25) is 5.02 Å². The molecular formula is C18H16ClN3O2. The van der Waals surface area contributed by atoms with Gasteiger partial charge in [0.15, 0.2) is 0 Å². The lowest BCUT2D eigenvalue weighted by Gasteiger charge is -2.09. The van der Waals surface area contributed by atoms with Crippen molar-refractivity contribution in [2.75, 3.05) is 12.4 Å². The van der Waals surface area contributed by atoms with E-state index < -0.39 is 0 Å². The number of hydrogen-bond acceptors (Lipinski definition) is 3. The van der Waals surface area contributed by atoms with E-state index in [-0.39, 0.29) is 5.91 Å². The molecule has 6 heteroatoms. The zero-order chi connectivity index (χ0) is 17.1. The van der Waals surface area contributed by atoms with Crippen LogP contribution in [-0.2, 0) is 0 Å². The van der Waals surface area contributed by atoms with Crippen LogP contribution in [0.4, 0.5) is 5.69 Å². The fourth-order valence-electron chi connectivity index (χ4n) is 2.39. The minimum atomic E-state index is -0.283. The van der Waals surface area contributed by atoms with Crippen LogP contribution in [0, 0.1) is 6.92 Å². The van der Waals surface area contributed by atoms with Gasteiger partial charge in [0.05, 0.1) is 29.1 Å². The molecule has 0 atom stereocenters. The van der Waals surface area contributed by atoms with Crippen LogP contribution >= 0.6 is 11.6 Å². The molecule has 1 amide bonds. The molecule has 3 aromatic rings. The topological polar surface area (TPSA) is 67.0 Å². The molecule has 0 aliphatic carbocycles. The van der Waals surface area contributed by atoms with E-state index >= 15 is 0 Å². The number of carbonyl (C=O) groups excluding carboxylic acids is 1. The Bertz CT molecular complexity index is 889. The fourth-order valence-corrected chi connectivity index (χ4v) is 2.61. The van der Waals surface area contributed by atoms with Gasteiger partial charge in [-0.05, 0) is 31.2 Å². The van der Waals surface area contributed by atoms with Crippen molar-refractivity contribution in [2.45, 2.75) is 6.92 Å². The molecule has 24 heavy (non-hydrogen) atoms. The zero-order valence-corrected chi connectivity index (χ0v) is 14.0. The number of benzene rings is 2. The summed E-state index contributed by atoms with van der Waals surface area (Å²) >= 11 is 6.09. The minimum absolute atomic E-state index is 0.283. The van der Waals surface area contributed by atoms with E-state index in [2.05, 4.69) is 15.5 Å². The Morgan fingerprint density at radius 3 is 2.75 bits per heavy atom. The van der Waals surface area contributed by atoms with Gasteiger partial charge in [-0.25, -0.2) is 0 Å². The number of aromatic amines is 1. The normalized spacial score (nSPS) is 10.5. The number of hydrogen-bond donors (Lipinski definition) is 2. The Hall–Kier alpha value is -2.79. The average molecular weight is 342 g/mol. The van der Waals surface area contributed by atoms with Crippen LogP contribution < -0.4 is 10.1 Å². The van der Waals surface area contributed by atoms with Crippen LogP contribution in [0.1, 0.15) is 16.1 Å². The number of aryl methyl sites for hydroxylation is 1. The Balaban J connectivity index is 1.96. The molecule has 0 bridgehead atoms. The van der Waals surface area contributed by atoms with E-state index in [1.54, 1.807) is 31.4 Å². The van der Waals surface area contributed by atoms with Crippen molar-refractivity contribution in [2.24, 2.45) is 0 Å². The second-order valence-corrected chi connectivity index (χ2v) is 5.65. The first-order chi connectivity index (χ1) is 11.6. The van der Waals surface area contributed by atoms with E-state index in [1.165, 1.54) is 0 Å². The van der Waals surface area contributed by atoms with Gasteiger partial charge in [-0.1, -0.05) is 35.9 Å². The minimum Gasteiger partial charge on any atom is -0.497 e. The highest BCUT2D eigenvalue weighted by Crippen LogP contribution is 2.31. The van der Waals surface area contributed by atoms with Gasteiger partial charge in [0.1, 0.15) is 11.4 Å². The molecule has 0 saturated heterocycles. The zero-order valence-electron chi connectivity index (χ0n) is 13.3. The van der Waals surface area contributed by atoms with Gasteiger partial charge in [-0.3, -0.25) is 9.89 Å². The van der Waals surface area contributed by atoms with Crippen molar-refractivity contribution in [3.05, 3.63) is 64.8 Å². The van der Waals surface area contributed by atoms with Crippen molar-refractivity contribution in [3.63, 3.8) is 0 Å². The lowest BCUT2D eigenvalue weighted by atomic mass is 10.1. The van der Waals surface area contributed by atoms with Gasteiger partial charge < -0.3 is 10.1 Å². The number of carbonyl (C=O) groups is 1. The molecule has 1 aromatic heterocycles. The number of methoxy groups -OCH3 is 1. The summed E-state index contributed by atoms with van der Waals surface area (Å²) in [5.74, 6) is 0.436. The van der Waals surface area contributed by atoms with Crippen molar-refractivity contribution < 1.29 is 9.53 Å². The summed E-state index contributed by atoms with van der Waals surface area (Å²) in [6, 6.07) is 14.4. The number of amides is 1. The number of H-pyrrole nitrogens is 1. The second kappa shape index (κ2) is 6.76. The third-order valence-corrected chi connectivity index (χ3v) is 3.98. The Morgan fingerprint density at radius 2 is 2.00 bits per heavy atom. The maximum Gasteiger partial charge on any atom is 0.257 e. The molecule has 0 spiro atoms. The van der Waals surface area contributed by atoms with Crippen LogP contribution in [0.15, 0.2) is 48.5 Å². The molecule has 5 nitrogen and oxygen atoms in total. The average Bonchev–Trinajstić information content (AvgIpc) is 2.96. The number of ether oxygens (including phenoxy) is 1. The summed E-state index contributed by atoms with van der Waals surface area (Å²) in [6.07, 6.45) is 0. The van der Waals surface area contributed by atoms with Crippen LogP contribution in [-0.4, -0.2) is 23.2 Å². The van der Waals surface area contributed by atoms with Gasteiger partial charge in [0, 0.05) is 5.56 Å². The number of aromatic nitrogens is 2. The van der Waals surface area contributed by atoms with E-state index in [1.807, 2.05) is 31.2 Å². The molecular weight excluding hydrogens is 326 g/mol. The maximum atomic E-state index is 12.5. The predicted molar refractivity (Wildman–Crippen MR) is 94.7 cm³/mol. The van der Waals surface area contributed by atoms with Crippen molar-refractivity contribution in [1.29, 1.82) is 0 Å². The third kappa shape index (κ3) is 3.12. The molecule has 122 valence electrons. The molecule has 0 saturated carbocycles. The molecule has 0 radical (unpaired) electrons. The van der Waals surface area contributed by atoms with Gasteiger partial charge in [0.2, 0.25) is 0 Å². The largest absolute Gasteiger partial charge is 0.497 e. The first kappa shape index (κ1) is 16.1. The summed E-state index contributed by atoms with van der Waals surface area (Å²) in [5.41, 5.74) is 3.28. The number of nitrogens with one attached hydrogen (secondary N) is 2. The van der Waals surface area contributed by atoms with E-state index in [0.29, 0.717) is 22.0 Å². The van der Waals surface area contributed by atoms with E-state index in [0.717, 1.165) is 17.0 Å². The summed E-state index contributed by atoms with van der Waals surface area (Å²) in [6.45, 7) is 1.85. The van der Waals surface area contributed by atoms with E-state index in [4.69, 9.17) is 16.3 Å². The van der Waals surface area contributed by atoms with Crippen LogP contribution in [0.5, 0.6) is 5.75 Å². The monoisotopic (exact) mass is 341 g/mol. The van der Waals surface area contributed by atoms with Crippen molar-refractivity contribution >= 4 is 23.2 Å². The highest BCUT2D eigenvalue weighted by Gasteiger charge is 2.17. The first-order valence-electron chi connectivity index (χ1n) is 7.35. The Morgan fingerprint density at radius 1 is 1.21 bits per heavy atom. The summed E-state index contributed by atoms with van der Waals surface area (Å²) < 4.78 is 5.25. The quantitative estimate of drug-likeness (QED) is 0.743. The molecule has 0 fully saturated rings. The van der Waals surface area contributed by atoms with Gasteiger partial charge in [0.25, 0.3) is 5.91 Å².